The minimum absolute atomic E-state index is 0.303. The van der Waals surface area contributed by atoms with E-state index in [1.165, 1.54) is 0 Å². The molecule has 1 unspecified atom stereocenters. The van der Waals surface area contributed by atoms with Gasteiger partial charge in [0.2, 0.25) is 5.91 Å². The van der Waals surface area contributed by atoms with E-state index in [1.54, 1.807) is 48.4 Å². The van der Waals surface area contributed by atoms with Gasteiger partial charge in [0.05, 0.1) is 11.1 Å². The van der Waals surface area contributed by atoms with Gasteiger partial charge in [-0.1, -0.05) is 18.2 Å². The Labute approximate surface area is 162 Å². The third-order valence-corrected chi connectivity index (χ3v) is 5.11. The van der Waals surface area contributed by atoms with Crippen molar-refractivity contribution in [1.29, 1.82) is 0 Å². The van der Waals surface area contributed by atoms with Gasteiger partial charge < -0.3 is 5.32 Å². The third kappa shape index (κ3) is 4.19. The van der Waals surface area contributed by atoms with Crippen LogP contribution in [0.3, 0.4) is 0 Å². The smallest absolute Gasteiger partial charge is 0.262 e. The molecule has 0 fully saturated rings. The van der Waals surface area contributed by atoms with Crippen LogP contribution in [-0.2, 0) is 11.2 Å². The largest absolute Gasteiger partial charge is 0.354 e. The highest BCUT2D eigenvalue weighted by atomic mass is 32.2. The van der Waals surface area contributed by atoms with Crippen molar-refractivity contribution in [3.8, 4) is 0 Å². The Hall–Kier alpha value is -2.67. The number of hydrogen-bond donors (Lipinski definition) is 1. The minimum Gasteiger partial charge on any atom is -0.354 e. The van der Waals surface area contributed by atoms with Crippen molar-refractivity contribution < 1.29 is 14.4 Å². The highest BCUT2D eigenvalue weighted by molar-refractivity contribution is 7.98. The van der Waals surface area contributed by atoms with E-state index in [2.05, 4.69) is 10.3 Å². The van der Waals surface area contributed by atoms with E-state index >= 15 is 0 Å². The Morgan fingerprint density at radius 3 is 2.44 bits per heavy atom. The Bertz CT molecular complexity index is 806. The van der Waals surface area contributed by atoms with Crippen molar-refractivity contribution in [2.75, 3.05) is 18.6 Å². The van der Waals surface area contributed by atoms with Gasteiger partial charge in [0, 0.05) is 18.9 Å². The molecule has 3 amide bonds. The summed E-state index contributed by atoms with van der Waals surface area (Å²) in [5.74, 6) is -0.427. The van der Waals surface area contributed by atoms with Crippen LogP contribution in [0.5, 0.6) is 0 Å². The summed E-state index contributed by atoms with van der Waals surface area (Å²) in [7, 11) is 0. The monoisotopic (exact) mass is 383 g/mol. The van der Waals surface area contributed by atoms with E-state index in [-0.39, 0.29) is 5.91 Å². The van der Waals surface area contributed by atoms with Crippen LogP contribution in [0.4, 0.5) is 0 Å². The topological polar surface area (TPSA) is 79.4 Å². The zero-order valence-corrected chi connectivity index (χ0v) is 15.9. The first-order valence-corrected chi connectivity index (χ1v) is 10.2. The second-order valence-corrected chi connectivity index (χ2v) is 7.21. The molecule has 1 N–H and O–H groups in total. The maximum absolute atomic E-state index is 12.8. The number of pyridine rings is 1. The first-order valence-electron chi connectivity index (χ1n) is 8.76. The number of rotatable bonds is 8. The molecule has 1 atom stereocenters. The zero-order valence-electron chi connectivity index (χ0n) is 15.1. The zero-order chi connectivity index (χ0) is 19.2. The standard InChI is InChI=1S/C20H21N3O3S/c1-27-12-9-17(18(24)22-11-8-14-5-4-10-21-13-14)23-19(25)15-6-2-3-7-16(15)20(23)26/h2-7,10,13,17H,8-9,11-12H2,1H3,(H,22,24). The molecule has 7 heteroatoms. The Balaban J connectivity index is 1.71. The molecule has 1 aromatic carbocycles. The van der Waals surface area contributed by atoms with E-state index < -0.39 is 17.9 Å². The van der Waals surface area contributed by atoms with E-state index in [4.69, 9.17) is 0 Å². The highest BCUT2D eigenvalue weighted by Gasteiger charge is 2.42. The van der Waals surface area contributed by atoms with E-state index in [9.17, 15) is 14.4 Å². The number of fused-ring (bicyclic) bond motifs is 1. The summed E-state index contributed by atoms with van der Waals surface area (Å²) in [4.78, 5) is 43.4. The van der Waals surface area contributed by atoms with Crippen LogP contribution >= 0.6 is 11.8 Å². The van der Waals surface area contributed by atoms with Crippen LogP contribution in [0, 0.1) is 0 Å². The van der Waals surface area contributed by atoms with Gasteiger partial charge >= 0.3 is 0 Å². The predicted octanol–water partition coefficient (Wildman–Crippen LogP) is 2.16. The average Bonchev–Trinajstić information content (AvgIpc) is 2.95. The van der Waals surface area contributed by atoms with Gasteiger partial charge in [-0.2, -0.15) is 11.8 Å². The molecule has 1 aliphatic rings. The lowest BCUT2D eigenvalue weighted by atomic mass is 10.1. The van der Waals surface area contributed by atoms with Crippen LogP contribution in [0.15, 0.2) is 48.8 Å². The SMILES string of the molecule is CSCCC(C(=O)NCCc1cccnc1)N1C(=O)c2ccccc2C1=O. The third-order valence-electron chi connectivity index (χ3n) is 4.47. The summed E-state index contributed by atoms with van der Waals surface area (Å²) in [6.45, 7) is 0.420. The first kappa shape index (κ1) is 19.1. The predicted molar refractivity (Wildman–Crippen MR) is 105 cm³/mol. The van der Waals surface area contributed by atoms with Gasteiger partial charge in [-0.05, 0) is 48.6 Å². The summed E-state index contributed by atoms with van der Waals surface area (Å²) >= 11 is 1.58. The maximum Gasteiger partial charge on any atom is 0.262 e. The lowest BCUT2D eigenvalue weighted by Crippen LogP contribution is -2.50. The second-order valence-electron chi connectivity index (χ2n) is 6.23. The van der Waals surface area contributed by atoms with Crippen LogP contribution in [-0.4, -0.2) is 52.2 Å². The number of carbonyl (C=O) groups excluding carboxylic acids is 3. The lowest BCUT2D eigenvalue weighted by molar-refractivity contribution is -0.125. The summed E-state index contributed by atoms with van der Waals surface area (Å²) in [5, 5.41) is 2.86. The maximum atomic E-state index is 12.8. The summed E-state index contributed by atoms with van der Waals surface area (Å²) < 4.78 is 0. The fourth-order valence-corrected chi connectivity index (χ4v) is 3.55. The minimum atomic E-state index is -0.807. The van der Waals surface area contributed by atoms with Gasteiger partial charge in [-0.15, -0.1) is 0 Å². The second kappa shape index (κ2) is 8.81. The van der Waals surface area contributed by atoms with Crippen molar-refractivity contribution in [2.24, 2.45) is 0 Å². The van der Waals surface area contributed by atoms with Crippen LogP contribution < -0.4 is 5.32 Å². The van der Waals surface area contributed by atoms with Crippen LogP contribution in [0.1, 0.15) is 32.7 Å². The Kier molecular flexibility index (Phi) is 6.24. The van der Waals surface area contributed by atoms with Gasteiger partial charge in [-0.25, -0.2) is 0 Å². The van der Waals surface area contributed by atoms with E-state index in [0.29, 0.717) is 36.3 Å². The number of aromatic nitrogens is 1. The molecule has 2 heterocycles. The first-order chi connectivity index (χ1) is 13.1. The normalized spacial score (nSPS) is 14.2. The number of amides is 3. The molecule has 1 aliphatic heterocycles. The highest BCUT2D eigenvalue weighted by Crippen LogP contribution is 2.26. The van der Waals surface area contributed by atoms with E-state index in [0.717, 1.165) is 10.5 Å². The van der Waals surface area contributed by atoms with Crippen molar-refractivity contribution in [3.63, 3.8) is 0 Å². The molecule has 0 aliphatic carbocycles. The summed E-state index contributed by atoms with van der Waals surface area (Å²) in [6.07, 6.45) is 6.44. The molecule has 3 rings (SSSR count). The van der Waals surface area contributed by atoms with Crippen molar-refractivity contribution in [1.82, 2.24) is 15.2 Å². The van der Waals surface area contributed by atoms with Crippen LogP contribution in [0.25, 0.3) is 0 Å². The quantitative estimate of drug-likeness (QED) is 0.707. The Morgan fingerprint density at radius 1 is 1.15 bits per heavy atom. The average molecular weight is 383 g/mol. The van der Waals surface area contributed by atoms with Gasteiger partial charge in [-0.3, -0.25) is 24.3 Å². The Morgan fingerprint density at radius 2 is 1.85 bits per heavy atom. The molecule has 0 saturated carbocycles. The van der Waals surface area contributed by atoms with Crippen LogP contribution in [0.2, 0.25) is 0 Å². The number of thioether (sulfide) groups is 1. The van der Waals surface area contributed by atoms with Crippen molar-refractivity contribution in [2.45, 2.75) is 18.9 Å². The molecule has 2 aromatic rings. The van der Waals surface area contributed by atoms with Crippen molar-refractivity contribution >= 4 is 29.5 Å². The molecule has 0 saturated heterocycles. The molecule has 27 heavy (non-hydrogen) atoms. The van der Waals surface area contributed by atoms with Gasteiger partial charge in [0.25, 0.3) is 11.8 Å². The molecule has 1 aromatic heterocycles. The van der Waals surface area contributed by atoms with Gasteiger partial charge in [0.1, 0.15) is 6.04 Å². The number of benzene rings is 1. The molecule has 0 spiro atoms. The molecule has 0 bridgehead atoms. The molecule has 0 radical (unpaired) electrons. The summed E-state index contributed by atoms with van der Waals surface area (Å²) in [6, 6.07) is 9.67. The molecular formula is C20H21N3O3S. The number of nitrogens with zero attached hydrogens (tertiary/aromatic N) is 2. The fraction of sp³-hybridized carbons (Fsp3) is 0.300. The van der Waals surface area contributed by atoms with Gasteiger partial charge in [0.15, 0.2) is 0 Å². The fourth-order valence-electron chi connectivity index (χ4n) is 3.09. The number of imide groups is 1. The molecule has 6 nitrogen and oxygen atoms in total. The number of carbonyl (C=O) groups is 3. The lowest BCUT2D eigenvalue weighted by Gasteiger charge is -2.25. The summed E-state index contributed by atoms with van der Waals surface area (Å²) in [5.41, 5.74) is 1.74. The molecular weight excluding hydrogens is 362 g/mol. The molecule has 140 valence electrons. The number of nitrogens with one attached hydrogen (secondary N) is 1. The number of hydrogen-bond acceptors (Lipinski definition) is 5. The van der Waals surface area contributed by atoms with E-state index in [1.807, 2.05) is 18.4 Å². The van der Waals surface area contributed by atoms with Crippen molar-refractivity contribution in [3.05, 3.63) is 65.5 Å².